The minimum Gasteiger partial charge on any atom is -0.508 e. The number of allylic oxidation sites excluding steroid dienone is 1. The van der Waals surface area contributed by atoms with E-state index in [4.69, 9.17) is 0 Å². The van der Waals surface area contributed by atoms with Gasteiger partial charge >= 0.3 is 0 Å². The Morgan fingerprint density at radius 2 is 1.65 bits per heavy atom. The Morgan fingerprint density at radius 3 is 2.39 bits per heavy atom. The third-order valence-electron chi connectivity index (χ3n) is 6.46. The molecule has 0 aliphatic heterocycles. The number of nitrogens with zero attached hydrogens (tertiary/aromatic N) is 1. The molecule has 2 nitrogen and oxygen atoms in total. The molecule has 0 saturated carbocycles. The van der Waals surface area contributed by atoms with E-state index in [1.54, 1.807) is 6.07 Å². The summed E-state index contributed by atoms with van der Waals surface area (Å²) in [4.78, 5) is 2.45. The fourth-order valence-corrected chi connectivity index (χ4v) is 4.77. The van der Waals surface area contributed by atoms with Gasteiger partial charge in [0.05, 0.1) is 0 Å². The predicted molar refractivity (Wildman–Crippen MR) is 130 cm³/mol. The quantitative estimate of drug-likeness (QED) is 0.469. The highest BCUT2D eigenvalue weighted by Crippen LogP contribution is 2.40. The monoisotopic (exact) mass is 411 g/mol. The van der Waals surface area contributed by atoms with Crippen molar-refractivity contribution in [3.05, 3.63) is 107 Å². The second kappa shape index (κ2) is 10.5. The van der Waals surface area contributed by atoms with Gasteiger partial charge in [0, 0.05) is 13.1 Å². The van der Waals surface area contributed by atoms with Crippen molar-refractivity contribution in [2.24, 2.45) is 0 Å². The fraction of sp³-hybridized carbons (Fsp3) is 0.310. The Morgan fingerprint density at radius 1 is 0.903 bits per heavy atom. The maximum absolute atomic E-state index is 10.1. The van der Waals surface area contributed by atoms with Gasteiger partial charge < -0.3 is 10.0 Å². The van der Waals surface area contributed by atoms with E-state index in [9.17, 15) is 5.11 Å². The zero-order valence-electron chi connectivity index (χ0n) is 18.5. The minimum absolute atomic E-state index is 0.349. The number of aromatic hydroxyl groups is 1. The Bertz CT molecular complexity index is 994. The largest absolute Gasteiger partial charge is 0.508 e. The van der Waals surface area contributed by atoms with Crippen LogP contribution >= 0.6 is 0 Å². The zero-order valence-corrected chi connectivity index (χ0v) is 18.5. The average Bonchev–Trinajstić information content (AvgIpc) is 3.02. The average molecular weight is 412 g/mol. The maximum Gasteiger partial charge on any atom is 0.116 e. The minimum atomic E-state index is 0.349. The van der Waals surface area contributed by atoms with Crippen LogP contribution in [0, 0.1) is 0 Å². The number of benzene rings is 3. The molecule has 0 spiro atoms. The molecule has 0 amide bonds. The summed E-state index contributed by atoms with van der Waals surface area (Å²) in [5.41, 5.74) is 6.95. The molecule has 1 aliphatic carbocycles. The summed E-state index contributed by atoms with van der Waals surface area (Å²) < 4.78 is 0. The SMILES string of the molecule is CN(CCc1ccccc1)CC1=C(c2cccc(O)c2)CC(c2ccccc2)CCC1. The molecule has 160 valence electrons. The number of likely N-dealkylation sites (N-methyl/N-ethyl adjacent to an activating group) is 1. The molecule has 1 unspecified atom stereocenters. The molecule has 1 N–H and O–H groups in total. The highest BCUT2D eigenvalue weighted by molar-refractivity contribution is 5.71. The molecule has 0 bridgehead atoms. The molecule has 0 saturated heterocycles. The van der Waals surface area contributed by atoms with Crippen molar-refractivity contribution in [3.63, 3.8) is 0 Å². The first-order valence-electron chi connectivity index (χ1n) is 11.5. The van der Waals surface area contributed by atoms with Crippen LogP contribution in [0.3, 0.4) is 0 Å². The molecule has 0 aromatic heterocycles. The van der Waals surface area contributed by atoms with Gasteiger partial charge in [-0.3, -0.25) is 0 Å². The summed E-state index contributed by atoms with van der Waals surface area (Å²) in [6.07, 6.45) is 5.66. The van der Waals surface area contributed by atoms with Gasteiger partial charge in [0.2, 0.25) is 0 Å². The summed E-state index contributed by atoms with van der Waals surface area (Å²) in [5.74, 6) is 0.882. The number of phenols is 1. The Hall–Kier alpha value is -2.84. The van der Waals surface area contributed by atoms with Gasteiger partial charge in [-0.05, 0) is 79.5 Å². The van der Waals surface area contributed by atoms with Gasteiger partial charge in [-0.1, -0.05) is 78.4 Å². The normalized spacial score (nSPS) is 17.0. The van der Waals surface area contributed by atoms with Crippen molar-refractivity contribution in [1.29, 1.82) is 0 Å². The molecule has 1 aliphatic rings. The van der Waals surface area contributed by atoms with E-state index >= 15 is 0 Å². The third kappa shape index (κ3) is 5.86. The first-order valence-corrected chi connectivity index (χ1v) is 11.5. The summed E-state index contributed by atoms with van der Waals surface area (Å²) in [7, 11) is 2.23. The molecule has 1 atom stereocenters. The lowest BCUT2D eigenvalue weighted by Crippen LogP contribution is -2.24. The molecule has 3 aromatic rings. The van der Waals surface area contributed by atoms with E-state index in [0.717, 1.165) is 32.4 Å². The lowest BCUT2D eigenvalue weighted by Gasteiger charge is -2.22. The van der Waals surface area contributed by atoms with E-state index in [1.807, 2.05) is 12.1 Å². The highest BCUT2D eigenvalue weighted by atomic mass is 16.3. The van der Waals surface area contributed by atoms with Crippen LogP contribution in [-0.2, 0) is 6.42 Å². The van der Waals surface area contributed by atoms with Crippen LogP contribution in [0.5, 0.6) is 5.75 Å². The molecule has 0 fully saturated rings. The predicted octanol–water partition coefficient (Wildman–Crippen LogP) is 6.68. The van der Waals surface area contributed by atoms with Crippen LogP contribution in [0.1, 0.15) is 48.3 Å². The summed E-state index contributed by atoms with van der Waals surface area (Å²) in [6, 6.07) is 29.5. The van der Waals surface area contributed by atoms with Crippen molar-refractivity contribution in [2.75, 3.05) is 20.1 Å². The van der Waals surface area contributed by atoms with Gasteiger partial charge in [0.1, 0.15) is 5.75 Å². The molecular weight excluding hydrogens is 378 g/mol. The second-order valence-corrected chi connectivity index (χ2v) is 8.81. The van der Waals surface area contributed by atoms with Crippen molar-refractivity contribution in [2.45, 2.75) is 38.0 Å². The van der Waals surface area contributed by atoms with Gasteiger partial charge in [0.25, 0.3) is 0 Å². The zero-order chi connectivity index (χ0) is 21.5. The van der Waals surface area contributed by atoms with Crippen molar-refractivity contribution in [1.82, 2.24) is 4.90 Å². The number of hydrogen-bond acceptors (Lipinski definition) is 2. The van der Waals surface area contributed by atoms with E-state index in [0.29, 0.717) is 11.7 Å². The van der Waals surface area contributed by atoms with Gasteiger partial charge in [0.15, 0.2) is 0 Å². The molecule has 3 aromatic carbocycles. The maximum atomic E-state index is 10.1. The Labute approximate surface area is 186 Å². The van der Waals surface area contributed by atoms with Gasteiger partial charge in [-0.25, -0.2) is 0 Å². The Kier molecular flexibility index (Phi) is 7.22. The third-order valence-corrected chi connectivity index (χ3v) is 6.46. The molecule has 0 radical (unpaired) electrons. The first kappa shape index (κ1) is 21.4. The Balaban J connectivity index is 1.57. The second-order valence-electron chi connectivity index (χ2n) is 8.81. The lowest BCUT2D eigenvalue weighted by molar-refractivity contribution is 0.363. The van der Waals surface area contributed by atoms with E-state index in [-0.39, 0.29) is 0 Å². The molecule has 2 heteroatoms. The van der Waals surface area contributed by atoms with Gasteiger partial charge in [-0.2, -0.15) is 0 Å². The fourth-order valence-electron chi connectivity index (χ4n) is 4.77. The van der Waals surface area contributed by atoms with Crippen LogP contribution in [0.2, 0.25) is 0 Å². The first-order chi connectivity index (χ1) is 15.2. The lowest BCUT2D eigenvalue weighted by atomic mass is 9.87. The number of phenolic OH excluding ortho intramolecular Hbond substituents is 1. The smallest absolute Gasteiger partial charge is 0.116 e. The van der Waals surface area contributed by atoms with Crippen LogP contribution in [0.4, 0.5) is 0 Å². The van der Waals surface area contributed by atoms with Crippen LogP contribution in [0.25, 0.3) is 5.57 Å². The molecular formula is C29H33NO. The number of rotatable bonds is 7. The van der Waals surface area contributed by atoms with Crippen LogP contribution < -0.4 is 0 Å². The van der Waals surface area contributed by atoms with E-state index in [1.165, 1.54) is 40.7 Å². The van der Waals surface area contributed by atoms with Gasteiger partial charge in [-0.15, -0.1) is 0 Å². The van der Waals surface area contributed by atoms with Crippen LogP contribution in [0.15, 0.2) is 90.5 Å². The van der Waals surface area contributed by atoms with Crippen molar-refractivity contribution < 1.29 is 5.11 Å². The van der Waals surface area contributed by atoms with E-state index < -0.39 is 0 Å². The van der Waals surface area contributed by atoms with Crippen molar-refractivity contribution >= 4 is 5.57 Å². The molecule has 31 heavy (non-hydrogen) atoms. The van der Waals surface area contributed by atoms with Crippen molar-refractivity contribution in [3.8, 4) is 5.75 Å². The summed E-state index contributed by atoms with van der Waals surface area (Å²) in [5, 5.41) is 10.1. The standard InChI is InChI=1S/C29H33NO/c1-30(19-18-23-10-4-2-5-11-23)22-27-16-8-14-25(24-12-6-3-7-13-24)21-29(27)26-15-9-17-28(31)20-26/h2-7,9-13,15,17,20,25,31H,8,14,16,18-19,21-22H2,1H3. The van der Waals surface area contributed by atoms with Crippen LogP contribution in [-0.4, -0.2) is 30.1 Å². The topological polar surface area (TPSA) is 23.5 Å². The summed E-state index contributed by atoms with van der Waals surface area (Å²) in [6.45, 7) is 2.03. The molecule has 0 heterocycles. The highest BCUT2D eigenvalue weighted by Gasteiger charge is 2.22. The van der Waals surface area contributed by atoms with E-state index in [2.05, 4.69) is 78.7 Å². The molecule has 4 rings (SSSR count). The summed E-state index contributed by atoms with van der Waals surface area (Å²) >= 11 is 0. The number of hydrogen-bond donors (Lipinski definition) is 1.